The molecule has 64 valence electrons. The van der Waals surface area contributed by atoms with Crippen LogP contribution < -0.4 is 11.3 Å². The molecule has 0 aliphatic rings. The largest absolute Gasteiger partial charge is 0.290 e. The van der Waals surface area contributed by atoms with Crippen LogP contribution in [0.2, 0.25) is 0 Å². The maximum atomic E-state index is 11.1. The van der Waals surface area contributed by atoms with Gasteiger partial charge in [-0.3, -0.25) is 10.2 Å². The van der Waals surface area contributed by atoms with Gasteiger partial charge in [0, 0.05) is 5.56 Å². The SMILES string of the molecule is Cc1cc(C)cc(C(=O)NN)c1. The molecule has 0 atom stereocenters. The second kappa shape index (κ2) is 3.36. The van der Waals surface area contributed by atoms with Crippen LogP contribution in [0.25, 0.3) is 0 Å². The van der Waals surface area contributed by atoms with Gasteiger partial charge in [-0.1, -0.05) is 17.2 Å². The minimum Gasteiger partial charge on any atom is -0.290 e. The van der Waals surface area contributed by atoms with Gasteiger partial charge in [0.15, 0.2) is 0 Å². The van der Waals surface area contributed by atoms with Crippen LogP contribution in [0, 0.1) is 13.8 Å². The molecular weight excluding hydrogens is 152 g/mol. The van der Waals surface area contributed by atoms with Crippen molar-refractivity contribution in [2.45, 2.75) is 13.8 Å². The van der Waals surface area contributed by atoms with Crippen molar-refractivity contribution in [1.82, 2.24) is 5.43 Å². The number of carbonyl (C=O) groups is 1. The van der Waals surface area contributed by atoms with Crippen molar-refractivity contribution in [3.05, 3.63) is 34.9 Å². The Morgan fingerprint density at radius 2 is 1.75 bits per heavy atom. The highest BCUT2D eigenvalue weighted by Crippen LogP contribution is 2.07. The smallest absolute Gasteiger partial charge is 0.265 e. The molecule has 3 N–H and O–H groups in total. The Balaban J connectivity index is 3.08. The van der Waals surface area contributed by atoms with E-state index in [2.05, 4.69) is 5.43 Å². The van der Waals surface area contributed by atoms with Crippen molar-refractivity contribution >= 4 is 5.91 Å². The fraction of sp³-hybridized carbons (Fsp3) is 0.222. The lowest BCUT2D eigenvalue weighted by atomic mass is 10.1. The second-order valence-electron chi connectivity index (χ2n) is 2.85. The molecule has 3 heteroatoms. The fourth-order valence-corrected chi connectivity index (χ4v) is 1.19. The van der Waals surface area contributed by atoms with Crippen molar-refractivity contribution in [3.63, 3.8) is 0 Å². The van der Waals surface area contributed by atoms with Crippen molar-refractivity contribution in [2.24, 2.45) is 5.84 Å². The summed E-state index contributed by atoms with van der Waals surface area (Å²) in [5, 5.41) is 0. The Labute approximate surface area is 71.5 Å². The van der Waals surface area contributed by atoms with E-state index in [9.17, 15) is 4.79 Å². The zero-order valence-corrected chi connectivity index (χ0v) is 7.22. The second-order valence-corrected chi connectivity index (χ2v) is 2.85. The summed E-state index contributed by atoms with van der Waals surface area (Å²) in [4.78, 5) is 11.1. The summed E-state index contributed by atoms with van der Waals surface area (Å²) in [5.41, 5.74) is 4.83. The van der Waals surface area contributed by atoms with E-state index in [1.165, 1.54) is 0 Å². The molecule has 0 saturated heterocycles. The maximum absolute atomic E-state index is 11.1. The molecule has 1 aromatic carbocycles. The number of hydrogen-bond acceptors (Lipinski definition) is 2. The topological polar surface area (TPSA) is 55.1 Å². The summed E-state index contributed by atoms with van der Waals surface area (Å²) >= 11 is 0. The van der Waals surface area contributed by atoms with Gasteiger partial charge < -0.3 is 0 Å². The number of carbonyl (C=O) groups excluding carboxylic acids is 1. The van der Waals surface area contributed by atoms with Gasteiger partial charge >= 0.3 is 0 Å². The number of benzene rings is 1. The van der Waals surface area contributed by atoms with Crippen LogP contribution in [0.3, 0.4) is 0 Å². The van der Waals surface area contributed by atoms with Gasteiger partial charge in [0.25, 0.3) is 5.91 Å². The number of hydrogen-bond donors (Lipinski definition) is 2. The van der Waals surface area contributed by atoms with E-state index in [-0.39, 0.29) is 5.91 Å². The highest BCUT2D eigenvalue weighted by molar-refractivity contribution is 5.94. The van der Waals surface area contributed by atoms with E-state index in [1.54, 1.807) is 12.1 Å². The first-order valence-electron chi connectivity index (χ1n) is 3.72. The first kappa shape index (κ1) is 8.74. The molecule has 0 aliphatic carbocycles. The molecule has 0 unspecified atom stereocenters. The molecule has 1 aromatic rings. The number of rotatable bonds is 1. The molecule has 3 nitrogen and oxygen atoms in total. The molecule has 0 aliphatic heterocycles. The zero-order valence-electron chi connectivity index (χ0n) is 7.22. The molecule has 0 saturated carbocycles. The summed E-state index contributed by atoms with van der Waals surface area (Å²) < 4.78 is 0. The first-order chi connectivity index (χ1) is 5.63. The van der Waals surface area contributed by atoms with Gasteiger partial charge in [0.1, 0.15) is 0 Å². The molecular formula is C9H12N2O. The van der Waals surface area contributed by atoms with Crippen LogP contribution in [0.5, 0.6) is 0 Å². The molecule has 0 radical (unpaired) electrons. The van der Waals surface area contributed by atoms with Gasteiger partial charge in [-0.15, -0.1) is 0 Å². The molecule has 12 heavy (non-hydrogen) atoms. The highest BCUT2D eigenvalue weighted by atomic mass is 16.2. The number of nitrogens with one attached hydrogen (secondary N) is 1. The number of amides is 1. The van der Waals surface area contributed by atoms with Crippen molar-refractivity contribution < 1.29 is 4.79 Å². The molecule has 0 spiro atoms. The van der Waals surface area contributed by atoms with Gasteiger partial charge in [0.2, 0.25) is 0 Å². The maximum Gasteiger partial charge on any atom is 0.265 e. The van der Waals surface area contributed by atoms with Crippen LogP contribution in [-0.4, -0.2) is 5.91 Å². The summed E-state index contributed by atoms with van der Waals surface area (Å²) in [6.07, 6.45) is 0. The Morgan fingerprint density at radius 3 is 2.17 bits per heavy atom. The zero-order chi connectivity index (χ0) is 9.14. The van der Waals surface area contributed by atoms with E-state index in [0.717, 1.165) is 11.1 Å². The number of hydrazine groups is 1. The number of nitrogens with two attached hydrogens (primary N) is 1. The third kappa shape index (κ3) is 1.83. The Kier molecular flexibility index (Phi) is 2.45. The molecule has 1 amide bonds. The summed E-state index contributed by atoms with van der Waals surface area (Å²) in [7, 11) is 0. The van der Waals surface area contributed by atoms with Crippen molar-refractivity contribution in [1.29, 1.82) is 0 Å². The standard InChI is InChI=1S/C9H12N2O/c1-6-3-7(2)5-8(4-6)9(12)11-10/h3-5H,10H2,1-2H3,(H,11,12). The van der Waals surface area contributed by atoms with Gasteiger partial charge in [0.05, 0.1) is 0 Å². The molecule has 0 bridgehead atoms. The van der Waals surface area contributed by atoms with Gasteiger partial charge in [-0.2, -0.15) is 0 Å². The molecule has 1 rings (SSSR count). The predicted octanol–water partition coefficient (Wildman–Crippen LogP) is 0.907. The van der Waals surface area contributed by atoms with E-state index in [4.69, 9.17) is 5.84 Å². The Morgan fingerprint density at radius 1 is 1.25 bits per heavy atom. The lowest BCUT2D eigenvalue weighted by Gasteiger charge is -2.02. The predicted molar refractivity (Wildman–Crippen MR) is 47.6 cm³/mol. The van der Waals surface area contributed by atoms with Gasteiger partial charge in [-0.05, 0) is 26.0 Å². The van der Waals surface area contributed by atoms with Crippen LogP contribution in [0.15, 0.2) is 18.2 Å². The fourth-order valence-electron chi connectivity index (χ4n) is 1.19. The third-order valence-corrected chi connectivity index (χ3v) is 1.61. The van der Waals surface area contributed by atoms with Crippen LogP contribution >= 0.6 is 0 Å². The summed E-state index contributed by atoms with van der Waals surface area (Å²) in [5.74, 6) is 4.76. The Hall–Kier alpha value is -1.35. The van der Waals surface area contributed by atoms with Gasteiger partial charge in [-0.25, -0.2) is 5.84 Å². The first-order valence-corrected chi connectivity index (χ1v) is 3.72. The average molecular weight is 164 g/mol. The molecule has 0 heterocycles. The molecule has 0 aromatic heterocycles. The third-order valence-electron chi connectivity index (χ3n) is 1.61. The van der Waals surface area contributed by atoms with Crippen LogP contribution in [0.4, 0.5) is 0 Å². The average Bonchev–Trinajstić information content (AvgIpc) is 2.01. The lowest BCUT2D eigenvalue weighted by molar-refractivity contribution is 0.0953. The minimum atomic E-state index is -0.248. The highest BCUT2D eigenvalue weighted by Gasteiger charge is 2.03. The van der Waals surface area contributed by atoms with Crippen molar-refractivity contribution in [2.75, 3.05) is 0 Å². The number of aryl methyl sites for hydroxylation is 2. The summed E-state index contributed by atoms with van der Waals surface area (Å²) in [6.45, 7) is 3.89. The van der Waals surface area contributed by atoms with E-state index in [0.29, 0.717) is 5.56 Å². The number of nitrogen functional groups attached to an aromatic ring is 1. The monoisotopic (exact) mass is 164 g/mol. The van der Waals surface area contributed by atoms with E-state index < -0.39 is 0 Å². The van der Waals surface area contributed by atoms with E-state index in [1.807, 2.05) is 19.9 Å². The molecule has 0 fully saturated rings. The summed E-state index contributed by atoms with van der Waals surface area (Å²) in [6, 6.07) is 5.61. The Bertz CT molecular complexity index is 287. The lowest BCUT2D eigenvalue weighted by Crippen LogP contribution is -2.30. The van der Waals surface area contributed by atoms with Crippen molar-refractivity contribution in [3.8, 4) is 0 Å². The van der Waals surface area contributed by atoms with Crippen LogP contribution in [0.1, 0.15) is 21.5 Å². The van der Waals surface area contributed by atoms with Crippen LogP contribution in [-0.2, 0) is 0 Å². The normalized spacial score (nSPS) is 9.58. The minimum absolute atomic E-state index is 0.248. The quantitative estimate of drug-likeness (QED) is 0.368. The van der Waals surface area contributed by atoms with E-state index >= 15 is 0 Å².